The van der Waals surface area contributed by atoms with Crippen LogP contribution in [0.2, 0.25) is 0 Å². The quantitative estimate of drug-likeness (QED) is 0.872. The Kier molecular flexibility index (Phi) is 3.35. The van der Waals surface area contributed by atoms with E-state index in [1.807, 2.05) is 10.9 Å². The molecule has 0 fully saturated rings. The number of aromatic nitrogens is 2. The SMILES string of the molecule is Cc1ccc(C)c([C@H]2CC(=O)Nc3c2cnn3C(C)(C)C)c1. The summed E-state index contributed by atoms with van der Waals surface area (Å²) < 4.78 is 1.91. The molecule has 2 heterocycles. The van der Waals surface area contributed by atoms with Gasteiger partial charge in [0.25, 0.3) is 0 Å². The number of anilines is 1. The maximum absolute atomic E-state index is 12.2. The summed E-state index contributed by atoms with van der Waals surface area (Å²) in [5.41, 5.74) is 4.62. The van der Waals surface area contributed by atoms with Gasteiger partial charge in [0, 0.05) is 17.9 Å². The second-order valence-electron chi connectivity index (χ2n) is 7.20. The lowest BCUT2D eigenvalue weighted by atomic mass is 9.84. The van der Waals surface area contributed by atoms with Gasteiger partial charge in [-0.25, -0.2) is 4.68 Å². The molecule has 0 radical (unpaired) electrons. The van der Waals surface area contributed by atoms with Crippen molar-refractivity contribution in [1.82, 2.24) is 9.78 Å². The lowest BCUT2D eigenvalue weighted by Gasteiger charge is -2.28. The van der Waals surface area contributed by atoms with Gasteiger partial charge in [-0.1, -0.05) is 23.8 Å². The Bertz CT molecular complexity index is 737. The second kappa shape index (κ2) is 4.97. The lowest BCUT2D eigenvalue weighted by Crippen LogP contribution is -2.30. The van der Waals surface area contributed by atoms with Crippen molar-refractivity contribution in [3.8, 4) is 0 Å². The summed E-state index contributed by atoms with van der Waals surface area (Å²) in [4.78, 5) is 12.2. The molecule has 1 amide bonds. The first-order valence-electron chi connectivity index (χ1n) is 7.73. The van der Waals surface area contributed by atoms with Crippen LogP contribution in [0.3, 0.4) is 0 Å². The van der Waals surface area contributed by atoms with Crippen LogP contribution in [-0.2, 0) is 10.3 Å². The van der Waals surface area contributed by atoms with Crippen LogP contribution >= 0.6 is 0 Å². The third kappa shape index (κ3) is 2.43. The van der Waals surface area contributed by atoms with E-state index in [1.165, 1.54) is 16.7 Å². The fourth-order valence-corrected chi connectivity index (χ4v) is 3.14. The molecule has 0 unspecified atom stereocenters. The first kappa shape index (κ1) is 14.8. The number of amides is 1. The number of carbonyl (C=O) groups is 1. The van der Waals surface area contributed by atoms with E-state index in [-0.39, 0.29) is 17.4 Å². The van der Waals surface area contributed by atoms with E-state index in [9.17, 15) is 4.79 Å². The van der Waals surface area contributed by atoms with E-state index >= 15 is 0 Å². The fourth-order valence-electron chi connectivity index (χ4n) is 3.14. The Hall–Kier alpha value is -2.10. The highest BCUT2D eigenvalue weighted by molar-refractivity contribution is 5.94. The molecule has 2 aromatic rings. The highest BCUT2D eigenvalue weighted by Gasteiger charge is 2.33. The van der Waals surface area contributed by atoms with Gasteiger partial charge in [-0.2, -0.15) is 5.10 Å². The lowest BCUT2D eigenvalue weighted by molar-refractivity contribution is -0.116. The van der Waals surface area contributed by atoms with E-state index in [0.717, 1.165) is 11.4 Å². The van der Waals surface area contributed by atoms with Crippen molar-refractivity contribution >= 4 is 11.7 Å². The van der Waals surface area contributed by atoms with Gasteiger partial charge in [-0.15, -0.1) is 0 Å². The molecule has 1 aromatic heterocycles. The molecule has 0 bridgehead atoms. The Labute approximate surface area is 131 Å². The number of carbonyl (C=O) groups excluding carboxylic acids is 1. The number of fused-ring (bicyclic) bond motifs is 1. The molecule has 22 heavy (non-hydrogen) atoms. The van der Waals surface area contributed by atoms with Gasteiger partial charge in [0.05, 0.1) is 11.7 Å². The number of nitrogens with one attached hydrogen (secondary N) is 1. The van der Waals surface area contributed by atoms with Crippen LogP contribution in [0.25, 0.3) is 0 Å². The normalized spacial score (nSPS) is 18.0. The number of hydrogen-bond donors (Lipinski definition) is 1. The van der Waals surface area contributed by atoms with Crippen LogP contribution < -0.4 is 5.32 Å². The van der Waals surface area contributed by atoms with Gasteiger partial charge in [0.1, 0.15) is 5.82 Å². The van der Waals surface area contributed by atoms with Crippen LogP contribution in [-0.4, -0.2) is 15.7 Å². The average Bonchev–Trinajstić information content (AvgIpc) is 2.84. The number of rotatable bonds is 1. The van der Waals surface area contributed by atoms with E-state index in [0.29, 0.717) is 6.42 Å². The minimum atomic E-state index is -0.162. The monoisotopic (exact) mass is 297 g/mol. The summed E-state index contributed by atoms with van der Waals surface area (Å²) in [6, 6.07) is 6.43. The molecule has 0 saturated carbocycles. The highest BCUT2D eigenvalue weighted by Crippen LogP contribution is 2.40. The Balaban J connectivity index is 2.15. The van der Waals surface area contributed by atoms with Crippen molar-refractivity contribution in [1.29, 1.82) is 0 Å². The van der Waals surface area contributed by atoms with Gasteiger partial charge in [0.15, 0.2) is 0 Å². The highest BCUT2D eigenvalue weighted by atomic mass is 16.1. The first-order chi connectivity index (χ1) is 10.3. The maximum Gasteiger partial charge on any atom is 0.226 e. The largest absolute Gasteiger partial charge is 0.311 e. The molecule has 1 N–H and O–H groups in total. The van der Waals surface area contributed by atoms with Gasteiger partial charge < -0.3 is 5.32 Å². The molecule has 0 saturated heterocycles. The van der Waals surface area contributed by atoms with E-state index in [2.05, 4.69) is 63.2 Å². The standard InChI is InChI=1S/C18H23N3O/c1-11-6-7-12(2)13(8-11)14-9-16(22)20-17-15(14)10-19-21(17)18(3,4)5/h6-8,10,14H,9H2,1-5H3,(H,20,22)/t14-/m1/s1. The smallest absolute Gasteiger partial charge is 0.226 e. The van der Waals surface area contributed by atoms with E-state index in [4.69, 9.17) is 0 Å². The molecule has 1 aromatic carbocycles. The zero-order chi connectivity index (χ0) is 16.1. The van der Waals surface area contributed by atoms with Gasteiger partial charge >= 0.3 is 0 Å². The fraction of sp³-hybridized carbons (Fsp3) is 0.444. The average molecular weight is 297 g/mol. The molecular weight excluding hydrogens is 274 g/mol. The number of nitrogens with zero attached hydrogens (tertiary/aromatic N) is 2. The number of benzene rings is 1. The Morgan fingerprint density at radius 2 is 1.95 bits per heavy atom. The Morgan fingerprint density at radius 3 is 2.64 bits per heavy atom. The van der Waals surface area contributed by atoms with Gasteiger partial charge in [0.2, 0.25) is 5.91 Å². The van der Waals surface area contributed by atoms with Crippen LogP contribution in [0.15, 0.2) is 24.4 Å². The van der Waals surface area contributed by atoms with Crippen molar-refractivity contribution in [2.24, 2.45) is 0 Å². The summed E-state index contributed by atoms with van der Waals surface area (Å²) >= 11 is 0. The molecule has 1 aliphatic heterocycles. The van der Waals surface area contributed by atoms with Gasteiger partial charge in [-0.3, -0.25) is 4.79 Å². The van der Waals surface area contributed by atoms with Crippen LogP contribution in [0.5, 0.6) is 0 Å². The maximum atomic E-state index is 12.2. The molecular formula is C18H23N3O. The molecule has 0 aliphatic carbocycles. The van der Waals surface area contributed by atoms with Crippen molar-refractivity contribution in [2.75, 3.05) is 5.32 Å². The van der Waals surface area contributed by atoms with Crippen molar-refractivity contribution in [3.05, 3.63) is 46.6 Å². The van der Waals surface area contributed by atoms with Crippen molar-refractivity contribution in [3.63, 3.8) is 0 Å². The zero-order valence-electron chi connectivity index (χ0n) is 13.9. The molecule has 1 aliphatic rings. The molecule has 0 spiro atoms. The third-order valence-electron chi connectivity index (χ3n) is 4.27. The summed E-state index contributed by atoms with van der Waals surface area (Å²) in [7, 11) is 0. The second-order valence-corrected chi connectivity index (χ2v) is 7.20. The molecule has 3 rings (SSSR count). The topological polar surface area (TPSA) is 46.9 Å². The summed E-state index contributed by atoms with van der Waals surface area (Å²) in [5.74, 6) is 0.985. The summed E-state index contributed by atoms with van der Waals surface area (Å²) in [5, 5.41) is 7.54. The predicted octanol–water partition coefficient (Wildman–Crippen LogP) is 3.73. The molecule has 1 atom stereocenters. The third-order valence-corrected chi connectivity index (χ3v) is 4.27. The first-order valence-corrected chi connectivity index (χ1v) is 7.73. The number of hydrogen-bond acceptors (Lipinski definition) is 2. The van der Waals surface area contributed by atoms with E-state index in [1.54, 1.807) is 0 Å². The van der Waals surface area contributed by atoms with Crippen molar-refractivity contribution in [2.45, 2.75) is 52.5 Å². The van der Waals surface area contributed by atoms with Crippen molar-refractivity contribution < 1.29 is 4.79 Å². The minimum Gasteiger partial charge on any atom is -0.311 e. The number of aryl methyl sites for hydroxylation is 2. The molecule has 4 heteroatoms. The molecule has 4 nitrogen and oxygen atoms in total. The Morgan fingerprint density at radius 1 is 1.23 bits per heavy atom. The van der Waals surface area contributed by atoms with Crippen LogP contribution in [0.1, 0.15) is 55.4 Å². The minimum absolute atomic E-state index is 0.0596. The molecule has 116 valence electrons. The zero-order valence-corrected chi connectivity index (χ0v) is 13.9. The summed E-state index contributed by atoms with van der Waals surface area (Å²) in [6.45, 7) is 10.5. The van der Waals surface area contributed by atoms with Crippen LogP contribution in [0, 0.1) is 13.8 Å². The summed E-state index contributed by atoms with van der Waals surface area (Å²) in [6.07, 6.45) is 2.39. The van der Waals surface area contributed by atoms with E-state index < -0.39 is 0 Å². The van der Waals surface area contributed by atoms with Gasteiger partial charge in [-0.05, 0) is 45.7 Å². The predicted molar refractivity (Wildman–Crippen MR) is 88.2 cm³/mol. The van der Waals surface area contributed by atoms with Crippen LogP contribution in [0.4, 0.5) is 5.82 Å².